The Bertz CT molecular complexity index is 185. The molecule has 14 heavy (non-hydrogen) atoms. The lowest BCUT2D eigenvalue weighted by Gasteiger charge is -2.25. The molecule has 0 saturated carbocycles. The lowest BCUT2D eigenvalue weighted by atomic mass is 10.1. The van der Waals surface area contributed by atoms with E-state index >= 15 is 0 Å². The molecular weight excluding hydrogens is 180 g/mol. The molecule has 0 aromatic rings. The van der Waals surface area contributed by atoms with Crippen LogP contribution in [0.4, 0.5) is 0 Å². The zero-order valence-electron chi connectivity index (χ0n) is 9.87. The first-order valence-corrected chi connectivity index (χ1v) is 4.83. The molecule has 84 valence electrons. The number of amides is 1. The topological polar surface area (TPSA) is 43.8 Å². The fraction of sp³-hybridized carbons (Fsp3) is 0.900. The van der Waals surface area contributed by atoms with E-state index in [-0.39, 0.29) is 5.91 Å². The van der Waals surface area contributed by atoms with Gasteiger partial charge in [-0.15, -0.1) is 0 Å². The molecule has 0 aliphatic carbocycles. The molecule has 0 saturated heterocycles. The van der Waals surface area contributed by atoms with Gasteiger partial charge in [-0.05, 0) is 20.9 Å². The summed E-state index contributed by atoms with van der Waals surface area (Å²) in [6.07, 6.45) is 0.500. The first kappa shape index (κ1) is 13.4. The molecule has 4 nitrogen and oxygen atoms in total. The van der Waals surface area contributed by atoms with Crippen molar-refractivity contribution in [2.75, 3.05) is 34.2 Å². The summed E-state index contributed by atoms with van der Waals surface area (Å²) in [5, 5.41) is 9.53. The minimum absolute atomic E-state index is 0.118. The second-order valence-electron chi connectivity index (χ2n) is 4.59. The predicted molar refractivity (Wildman–Crippen MR) is 57.1 cm³/mol. The van der Waals surface area contributed by atoms with Crippen molar-refractivity contribution in [3.05, 3.63) is 0 Å². The summed E-state index contributed by atoms with van der Waals surface area (Å²) in [4.78, 5) is 14.8. The Morgan fingerprint density at radius 3 is 2.14 bits per heavy atom. The Kier molecular flexibility index (Phi) is 5.08. The maximum Gasteiger partial charge on any atom is 0.223 e. The second-order valence-corrected chi connectivity index (χ2v) is 4.59. The number of aliphatic hydroxyl groups is 1. The summed E-state index contributed by atoms with van der Waals surface area (Å²) in [5.74, 6) is 0.118. The van der Waals surface area contributed by atoms with E-state index in [1.807, 2.05) is 11.9 Å². The van der Waals surface area contributed by atoms with Gasteiger partial charge in [0, 0.05) is 33.6 Å². The van der Waals surface area contributed by atoms with Crippen molar-refractivity contribution in [3.8, 4) is 0 Å². The van der Waals surface area contributed by atoms with Crippen molar-refractivity contribution in [2.24, 2.45) is 0 Å². The van der Waals surface area contributed by atoms with Crippen molar-refractivity contribution >= 4 is 5.91 Å². The third kappa shape index (κ3) is 6.86. The molecule has 1 amide bonds. The summed E-state index contributed by atoms with van der Waals surface area (Å²) in [6, 6.07) is 0. The third-order valence-electron chi connectivity index (χ3n) is 1.86. The van der Waals surface area contributed by atoms with Crippen molar-refractivity contribution < 1.29 is 9.90 Å². The molecule has 4 heteroatoms. The molecular formula is C10H22N2O2. The van der Waals surface area contributed by atoms with Gasteiger partial charge in [-0.2, -0.15) is 0 Å². The lowest BCUT2D eigenvalue weighted by molar-refractivity contribution is -0.129. The zero-order chi connectivity index (χ0) is 11.4. The van der Waals surface area contributed by atoms with Gasteiger partial charge in [0.15, 0.2) is 0 Å². The van der Waals surface area contributed by atoms with Crippen molar-refractivity contribution in [2.45, 2.75) is 25.9 Å². The van der Waals surface area contributed by atoms with E-state index in [1.165, 1.54) is 0 Å². The molecule has 0 aromatic heterocycles. The number of hydrogen-bond donors (Lipinski definition) is 1. The normalized spacial score (nSPS) is 11.9. The van der Waals surface area contributed by atoms with E-state index in [4.69, 9.17) is 0 Å². The van der Waals surface area contributed by atoms with Crippen LogP contribution in [-0.4, -0.2) is 60.6 Å². The molecule has 0 aromatic carbocycles. The molecule has 1 N–H and O–H groups in total. The van der Waals surface area contributed by atoms with Crippen LogP contribution < -0.4 is 0 Å². The average Bonchev–Trinajstić information content (AvgIpc) is 1.96. The molecule has 0 spiro atoms. The summed E-state index contributed by atoms with van der Waals surface area (Å²) in [5.41, 5.74) is -0.698. The van der Waals surface area contributed by atoms with Crippen LogP contribution >= 0.6 is 0 Å². The Morgan fingerprint density at radius 1 is 1.29 bits per heavy atom. The largest absolute Gasteiger partial charge is 0.389 e. The Labute approximate surface area is 86.5 Å². The van der Waals surface area contributed by atoms with Gasteiger partial charge in [-0.25, -0.2) is 0 Å². The van der Waals surface area contributed by atoms with E-state index in [9.17, 15) is 9.90 Å². The van der Waals surface area contributed by atoms with Crippen LogP contribution in [0, 0.1) is 0 Å². The van der Waals surface area contributed by atoms with Crippen LogP contribution in [0.2, 0.25) is 0 Å². The summed E-state index contributed by atoms with van der Waals surface area (Å²) < 4.78 is 0. The number of carbonyl (C=O) groups excluding carboxylic acids is 1. The first-order valence-electron chi connectivity index (χ1n) is 4.83. The van der Waals surface area contributed by atoms with Crippen LogP contribution in [0.1, 0.15) is 20.3 Å². The highest BCUT2D eigenvalue weighted by molar-refractivity contribution is 5.75. The monoisotopic (exact) mass is 202 g/mol. The van der Waals surface area contributed by atoms with Crippen molar-refractivity contribution in [1.82, 2.24) is 9.80 Å². The summed E-state index contributed by atoms with van der Waals surface area (Å²) >= 11 is 0. The van der Waals surface area contributed by atoms with Crippen LogP contribution in [0.15, 0.2) is 0 Å². The van der Waals surface area contributed by atoms with E-state index in [1.54, 1.807) is 32.8 Å². The van der Waals surface area contributed by atoms with Gasteiger partial charge >= 0.3 is 0 Å². The van der Waals surface area contributed by atoms with Gasteiger partial charge in [-0.1, -0.05) is 0 Å². The molecule has 0 unspecified atom stereocenters. The molecule has 0 fully saturated rings. The van der Waals surface area contributed by atoms with Gasteiger partial charge in [0.25, 0.3) is 0 Å². The third-order valence-corrected chi connectivity index (χ3v) is 1.86. The standard InChI is InChI=1S/C10H22N2O2/c1-10(2,14)8-12(5)7-6-9(13)11(3)4/h14H,6-8H2,1-5H3. The van der Waals surface area contributed by atoms with E-state index < -0.39 is 5.60 Å². The Morgan fingerprint density at radius 2 is 1.79 bits per heavy atom. The van der Waals surface area contributed by atoms with Crippen molar-refractivity contribution in [1.29, 1.82) is 0 Å². The van der Waals surface area contributed by atoms with Crippen molar-refractivity contribution in [3.63, 3.8) is 0 Å². The number of hydrogen-bond acceptors (Lipinski definition) is 3. The number of likely N-dealkylation sites (N-methyl/N-ethyl adjacent to an activating group) is 1. The quantitative estimate of drug-likeness (QED) is 0.691. The second kappa shape index (κ2) is 5.32. The van der Waals surface area contributed by atoms with E-state index in [0.29, 0.717) is 19.5 Å². The SMILES string of the molecule is CN(CCC(=O)N(C)C)CC(C)(C)O. The first-order chi connectivity index (χ1) is 6.22. The van der Waals surface area contributed by atoms with Gasteiger partial charge in [0.05, 0.1) is 5.60 Å². The Hall–Kier alpha value is -0.610. The Balaban J connectivity index is 3.75. The van der Waals surface area contributed by atoms with Crippen LogP contribution in [0.3, 0.4) is 0 Å². The highest BCUT2D eigenvalue weighted by Gasteiger charge is 2.16. The highest BCUT2D eigenvalue weighted by atomic mass is 16.3. The van der Waals surface area contributed by atoms with E-state index in [0.717, 1.165) is 0 Å². The van der Waals surface area contributed by atoms with Gasteiger partial charge in [0.2, 0.25) is 5.91 Å². The van der Waals surface area contributed by atoms with Crippen LogP contribution in [0.25, 0.3) is 0 Å². The smallest absolute Gasteiger partial charge is 0.223 e. The maximum atomic E-state index is 11.2. The fourth-order valence-corrected chi connectivity index (χ4v) is 1.25. The van der Waals surface area contributed by atoms with Gasteiger partial charge in [0.1, 0.15) is 0 Å². The molecule has 0 aliphatic rings. The summed E-state index contributed by atoms with van der Waals surface area (Å²) in [6.45, 7) is 4.78. The molecule has 0 atom stereocenters. The molecule has 0 aliphatic heterocycles. The van der Waals surface area contributed by atoms with Crippen LogP contribution in [0.5, 0.6) is 0 Å². The minimum Gasteiger partial charge on any atom is -0.389 e. The van der Waals surface area contributed by atoms with Crippen LogP contribution in [-0.2, 0) is 4.79 Å². The maximum absolute atomic E-state index is 11.2. The predicted octanol–water partition coefficient (Wildman–Crippen LogP) is 0.167. The molecule has 0 bridgehead atoms. The minimum atomic E-state index is -0.698. The highest BCUT2D eigenvalue weighted by Crippen LogP contribution is 2.03. The number of carbonyl (C=O) groups is 1. The zero-order valence-corrected chi connectivity index (χ0v) is 9.87. The van der Waals surface area contributed by atoms with Gasteiger partial charge in [-0.3, -0.25) is 4.79 Å². The molecule has 0 heterocycles. The number of nitrogens with zero attached hydrogens (tertiary/aromatic N) is 2. The lowest BCUT2D eigenvalue weighted by Crippen LogP contribution is -2.38. The summed E-state index contributed by atoms with van der Waals surface area (Å²) in [7, 11) is 5.40. The average molecular weight is 202 g/mol. The van der Waals surface area contributed by atoms with E-state index in [2.05, 4.69) is 0 Å². The fourth-order valence-electron chi connectivity index (χ4n) is 1.25. The molecule has 0 radical (unpaired) electrons. The molecule has 0 rings (SSSR count). The number of rotatable bonds is 5. The van der Waals surface area contributed by atoms with Gasteiger partial charge < -0.3 is 14.9 Å².